The fourth-order valence-electron chi connectivity index (χ4n) is 4.81. The van der Waals surface area contributed by atoms with Gasteiger partial charge >= 0.3 is 0 Å². The molecule has 1 amide bonds. The van der Waals surface area contributed by atoms with Crippen LogP contribution in [0.2, 0.25) is 0 Å². The van der Waals surface area contributed by atoms with Crippen molar-refractivity contribution >= 4 is 44.5 Å². The van der Waals surface area contributed by atoms with E-state index in [0.717, 1.165) is 27.8 Å². The molecule has 4 aromatic rings. The van der Waals surface area contributed by atoms with Crippen LogP contribution in [0.25, 0.3) is 16.3 Å². The van der Waals surface area contributed by atoms with E-state index in [-0.39, 0.29) is 5.57 Å². The van der Waals surface area contributed by atoms with Crippen LogP contribution in [0.4, 0.5) is 5.13 Å². The van der Waals surface area contributed by atoms with E-state index in [4.69, 9.17) is 14.5 Å². The number of aromatic nitrogens is 1. The van der Waals surface area contributed by atoms with E-state index >= 15 is 0 Å². The fourth-order valence-corrected chi connectivity index (χ4v) is 5.90. The molecular formula is C34H34N2O5S. The Bertz CT molecular complexity index is 1670. The van der Waals surface area contributed by atoms with Gasteiger partial charge in [-0.15, -0.1) is 0 Å². The lowest BCUT2D eigenvalue weighted by Crippen LogP contribution is -2.30. The average Bonchev–Trinajstić information content (AvgIpc) is 3.50. The second kappa shape index (κ2) is 12.6. The number of carbonyl (C=O) groups is 2. The number of anilines is 1. The van der Waals surface area contributed by atoms with Crippen LogP contribution in [0.5, 0.6) is 11.5 Å². The first-order valence-corrected chi connectivity index (χ1v) is 14.9. The van der Waals surface area contributed by atoms with Crippen molar-refractivity contribution in [2.75, 3.05) is 18.1 Å². The summed E-state index contributed by atoms with van der Waals surface area (Å²) < 4.78 is 12.9. The first kappa shape index (κ1) is 29.1. The molecule has 0 bridgehead atoms. The van der Waals surface area contributed by atoms with E-state index in [1.54, 1.807) is 18.2 Å². The number of aliphatic hydroxyl groups is 1. The summed E-state index contributed by atoms with van der Waals surface area (Å²) in [6.45, 7) is 9.08. The number of fused-ring (bicyclic) bond motifs is 1. The molecule has 1 atom stereocenters. The Labute approximate surface area is 249 Å². The number of thiazole rings is 1. The fraction of sp³-hybridized carbons (Fsp3) is 0.265. The molecule has 3 aromatic carbocycles. The number of benzene rings is 3. The minimum absolute atomic E-state index is 0.0152. The molecule has 7 nitrogen and oxygen atoms in total. The molecule has 5 rings (SSSR count). The summed E-state index contributed by atoms with van der Waals surface area (Å²) in [6, 6.07) is 19.7. The number of allylic oxidation sites excluding steroid dienone is 1. The smallest absolute Gasteiger partial charge is 0.296 e. The van der Waals surface area contributed by atoms with Crippen LogP contribution >= 0.6 is 11.3 Å². The first-order valence-electron chi connectivity index (χ1n) is 14.1. The molecule has 0 radical (unpaired) electrons. The van der Waals surface area contributed by atoms with Crippen LogP contribution in [0.15, 0.2) is 84.1 Å². The molecule has 0 saturated heterocycles. The second-order valence-corrected chi connectivity index (χ2v) is 11.6. The van der Waals surface area contributed by atoms with Crippen LogP contribution < -0.4 is 14.4 Å². The Morgan fingerprint density at radius 3 is 2.60 bits per heavy atom. The van der Waals surface area contributed by atoms with Crippen molar-refractivity contribution in [3.8, 4) is 11.5 Å². The molecular weight excluding hydrogens is 548 g/mol. The van der Waals surface area contributed by atoms with Crippen molar-refractivity contribution < 1.29 is 24.2 Å². The average molecular weight is 583 g/mol. The van der Waals surface area contributed by atoms with Gasteiger partial charge in [0.1, 0.15) is 0 Å². The summed E-state index contributed by atoms with van der Waals surface area (Å²) in [5, 5.41) is 11.5. The third kappa shape index (κ3) is 6.09. The molecule has 1 aliphatic rings. The first-order chi connectivity index (χ1) is 20.3. The number of aliphatic hydroxyl groups excluding tert-OH is 1. The normalized spacial score (nSPS) is 15.4. The van der Waals surface area contributed by atoms with E-state index < -0.39 is 23.5 Å². The molecule has 0 spiro atoms. The number of ketones is 1. The van der Waals surface area contributed by atoms with Gasteiger partial charge in [0.2, 0.25) is 0 Å². The number of hydrogen-bond acceptors (Lipinski definition) is 7. The van der Waals surface area contributed by atoms with Crippen molar-refractivity contribution in [2.24, 2.45) is 5.92 Å². The highest BCUT2D eigenvalue weighted by atomic mass is 32.1. The monoisotopic (exact) mass is 582 g/mol. The summed E-state index contributed by atoms with van der Waals surface area (Å²) >= 11 is 1.34. The maximum absolute atomic E-state index is 13.7. The summed E-state index contributed by atoms with van der Waals surface area (Å²) in [7, 11) is 0. The van der Waals surface area contributed by atoms with Crippen molar-refractivity contribution in [3.63, 3.8) is 0 Å². The van der Waals surface area contributed by atoms with E-state index in [0.29, 0.717) is 41.3 Å². The largest absolute Gasteiger partial charge is 0.503 e. The number of rotatable bonds is 11. The summed E-state index contributed by atoms with van der Waals surface area (Å²) in [4.78, 5) is 33.5. The van der Waals surface area contributed by atoms with Crippen molar-refractivity contribution in [2.45, 2.75) is 40.2 Å². The minimum Gasteiger partial charge on any atom is -0.503 e. The highest BCUT2D eigenvalue weighted by Gasteiger charge is 2.45. The Morgan fingerprint density at radius 2 is 1.86 bits per heavy atom. The molecule has 0 saturated carbocycles. The van der Waals surface area contributed by atoms with Crippen molar-refractivity contribution in [1.82, 2.24) is 4.98 Å². The second-order valence-electron chi connectivity index (χ2n) is 10.6. The Hall–Kier alpha value is -4.43. The highest BCUT2D eigenvalue weighted by Crippen LogP contribution is 2.45. The van der Waals surface area contributed by atoms with Crippen molar-refractivity contribution in [1.29, 1.82) is 0 Å². The number of carbonyl (C=O) groups excluding carboxylic acids is 2. The maximum atomic E-state index is 13.7. The van der Waals surface area contributed by atoms with Gasteiger partial charge in [-0.05, 0) is 73.2 Å². The molecule has 1 aliphatic heterocycles. The van der Waals surface area contributed by atoms with Gasteiger partial charge < -0.3 is 14.6 Å². The van der Waals surface area contributed by atoms with E-state index in [1.807, 2.05) is 68.4 Å². The molecule has 1 unspecified atom stereocenters. The molecule has 0 aliphatic carbocycles. The van der Waals surface area contributed by atoms with Gasteiger partial charge in [-0.1, -0.05) is 73.7 Å². The molecule has 8 heteroatoms. The zero-order chi connectivity index (χ0) is 29.8. The third-order valence-corrected chi connectivity index (χ3v) is 7.99. The predicted octanol–water partition coefficient (Wildman–Crippen LogP) is 7.61. The Kier molecular flexibility index (Phi) is 8.73. The quantitative estimate of drug-likeness (QED) is 0.183. The Morgan fingerprint density at radius 1 is 1.07 bits per heavy atom. The number of hydrogen-bond donors (Lipinski definition) is 1. The van der Waals surface area contributed by atoms with Gasteiger partial charge in [-0.25, -0.2) is 4.98 Å². The zero-order valence-electron chi connectivity index (χ0n) is 24.2. The summed E-state index contributed by atoms with van der Waals surface area (Å²) in [6.07, 6.45) is 3.95. The summed E-state index contributed by atoms with van der Waals surface area (Å²) in [5.74, 6) is -0.164. The lowest BCUT2D eigenvalue weighted by Gasteiger charge is -2.25. The molecule has 0 fully saturated rings. The molecule has 2 heterocycles. The van der Waals surface area contributed by atoms with E-state index in [1.165, 1.54) is 22.3 Å². The highest BCUT2D eigenvalue weighted by molar-refractivity contribution is 7.22. The van der Waals surface area contributed by atoms with Crippen LogP contribution in [0, 0.1) is 12.8 Å². The van der Waals surface area contributed by atoms with Gasteiger partial charge in [-0.3, -0.25) is 14.5 Å². The van der Waals surface area contributed by atoms with Gasteiger partial charge in [-0.2, -0.15) is 0 Å². The number of amides is 1. The zero-order valence-corrected chi connectivity index (χ0v) is 25.0. The van der Waals surface area contributed by atoms with E-state index in [2.05, 4.69) is 13.8 Å². The minimum atomic E-state index is -0.920. The maximum Gasteiger partial charge on any atom is 0.296 e. The SMILES string of the molecule is CCOc1cc(C2C(C(=O)/C=C/c3ccccc3)=C(O)C(=O)N2c2nc3ccc(C)cc3s2)ccc1OCCC(C)C. The van der Waals surface area contributed by atoms with E-state index in [9.17, 15) is 14.7 Å². The third-order valence-electron chi connectivity index (χ3n) is 6.98. The molecule has 1 aromatic heterocycles. The van der Waals surface area contributed by atoms with Crippen LogP contribution in [-0.4, -0.2) is 35.0 Å². The number of ether oxygens (including phenoxy) is 2. The standard InChI is InChI=1S/C34H34N2O5S/c1-5-40-28-20-24(13-16-27(28)41-18-17-21(2)3)31-30(26(37)15-12-23-9-7-6-8-10-23)32(38)33(39)36(31)34-35-25-14-11-22(4)19-29(25)42-34/h6-16,19-21,31,38H,5,17-18H2,1-4H3/b15-12+. The van der Waals surface area contributed by atoms with Gasteiger partial charge in [0.25, 0.3) is 5.91 Å². The van der Waals surface area contributed by atoms with Crippen molar-refractivity contribution in [3.05, 3.63) is 101 Å². The van der Waals surface area contributed by atoms with Crippen LogP contribution in [0.3, 0.4) is 0 Å². The molecule has 42 heavy (non-hydrogen) atoms. The van der Waals surface area contributed by atoms with Crippen LogP contribution in [0.1, 0.15) is 49.9 Å². The number of aryl methyl sites for hydroxylation is 1. The van der Waals surface area contributed by atoms with Crippen LogP contribution in [-0.2, 0) is 9.59 Å². The lowest BCUT2D eigenvalue weighted by atomic mass is 9.95. The van der Waals surface area contributed by atoms with Gasteiger partial charge in [0, 0.05) is 0 Å². The summed E-state index contributed by atoms with van der Waals surface area (Å²) in [5.41, 5.74) is 3.21. The Balaban J connectivity index is 1.59. The lowest BCUT2D eigenvalue weighted by molar-refractivity contribution is -0.117. The molecule has 216 valence electrons. The topological polar surface area (TPSA) is 89.0 Å². The number of nitrogens with zero attached hydrogens (tertiary/aromatic N) is 2. The predicted molar refractivity (Wildman–Crippen MR) is 167 cm³/mol. The van der Waals surface area contributed by atoms with Gasteiger partial charge in [0.15, 0.2) is 28.2 Å². The molecule has 1 N–H and O–H groups in total. The van der Waals surface area contributed by atoms with Gasteiger partial charge in [0.05, 0.1) is 35.0 Å².